The number of primary sulfonamides is 1. The van der Waals surface area contributed by atoms with Gasteiger partial charge in [0.25, 0.3) is 5.91 Å². The van der Waals surface area contributed by atoms with E-state index in [1.807, 2.05) is 0 Å². The molecule has 3 rings (SSSR count). The normalized spacial score (nSPS) is 18.8. The molecule has 3 N–H and O–H groups in total. The van der Waals surface area contributed by atoms with Gasteiger partial charge in [-0.2, -0.15) is 0 Å². The molecule has 1 aromatic rings. The lowest BCUT2D eigenvalue weighted by molar-refractivity contribution is 0.0925. The van der Waals surface area contributed by atoms with Crippen LogP contribution >= 0.6 is 0 Å². The standard InChI is InChI=1S/C15H20N2O3S/c1-9-8-12(21(16,19)20)6-7-13(9)15(18)17-14(10-2-3-10)11-4-5-11/h6-8,10-11,14H,2-5H2,1H3,(H,17,18)(H2,16,19,20). The molecule has 2 aliphatic rings. The van der Waals surface area contributed by atoms with E-state index in [4.69, 9.17) is 5.14 Å². The van der Waals surface area contributed by atoms with E-state index in [0.717, 1.165) is 0 Å². The lowest BCUT2D eigenvalue weighted by Gasteiger charge is -2.18. The van der Waals surface area contributed by atoms with Gasteiger partial charge in [-0.05, 0) is 68.2 Å². The van der Waals surface area contributed by atoms with Crippen LogP contribution in [-0.2, 0) is 10.0 Å². The number of sulfonamides is 1. The van der Waals surface area contributed by atoms with Gasteiger partial charge in [0, 0.05) is 11.6 Å². The molecule has 0 heterocycles. The first kappa shape index (κ1) is 14.5. The molecule has 0 unspecified atom stereocenters. The highest BCUT2D eigenvalue weighted by molar-refractivity contribution is 7.89. The Morgan fingerprint density at radius 1 is 1.24 bits per heavy atom. The third kappa shape index (κ3) is 3.27. The SMILES string of the molecule is Cc1cc(S(N)(=O)=O)ccc1C(=O)NC(C1CC1)C1CC1. The van der Waals surface area contributed by atoms with Gasteiger partial charge < -0.3 is 5.32 Å². The van der Waals surface area contributed by atoms with Gasteiger partial charge in [-0.1, -0.05) is 0 Å². The van der Waals surface area contributed by atoms with Crippen LogP contribution in [0.1, 0.15) is 41.6 Å². The van der Waals surface area contributed by atoms with E-state index >= 15 is 0 Å². The fourth-order valence-electron chi connectivity index (χ4n) is 2.83. The zero-order chi connectivity index (χ0) is 15.2. The molecule has 114 valence electrons. The van der Waals surface area contributed by atoms with Crippen molar-refractivity contribution in [3.05, 3.63) is 29.3 Å². The lowest BCUT2D eigenvalue weighted by atomic mass is 10.0. The highest BCUT2D eigenvalue weighted by Crippen LogP contribution is 2.44. The number of nitrogens with one attached hydrogen (secondary N) is 1. The molecule has 0 saturated heterocycles. The van der Waals surface area contributed by atoms with Crippen molar-refractivity contribution in [2.45, 2.75) is 43.5 Å². The zero-order valence-corrected chi connectivity index (χ0v) is 12.8. The quantitative estimate of drug-likeness (QED) is 0.865. The second kappa shape index (κ2) is 5.10. The number of carbonyl (C=O) groups excluding carboxylic acids is 1. The van der Waals surface area contributed by atoms with Crippen LogP contribution in [0, 0.1) is 18.8 Å². The van der Waals surface area contributed by atoms with Crippen LogP contribution in [0.3, 0.4) is 0 Å². The highest BCUT2D eigenvalue weighted by Gasteiger charge is 2.42. The summed E-state index contributed by atoms with van der Waals surface area (Å²) >= 11 is 0. The summed E-state index contributed by atoms with van der Waals surface area (Å²) in [4.78, 5) is 12.4. The molecule has 1 amide bonds. The summed E-state index contributed by atoms with van der Waals surface area (Å²) in [6, 6.07) is 4.67. The molecule has 0 aliphatic heterocycles. The van der Waals surface area contributed by atoms with Crippen molar-refractivity contribution in [3.8, 4) is 0 Å². The fourth-order valence-corrected chi connectivity index (χ4v) is 3.43. The Morgan fingerprint density at radius 3 is 2.24 bits per heavy atom. The Morgan fingerprint density at radius 2 is 1.81 bits per heavy atom. The minimum atomic E-state index is -3.73. The first-order chi connectivity index (χ1) is 9.86. The summed E-state index contributed by atoms with van der Waals surface area (Å²) in [5.41, 5.74) is 1.15. The van der Waals surface area contributed by atoms with E-state index in [1.165, 1.54) is 37.8 Å². The third-order valence-corrected chi connectivity index (χ3v) is 5.24. The molecular weight excluding hydrogens is 288 g/mol. The summed E-state index contributed by atoms with van der Waals surface area (Å²) in [5.74, 6) is 1.15. The molecule has 0 radical (unpaired) electrons. The number of amides is 1. The predicted molar refractivity (Wildman–Crippen MR) is 79.3 cm³/mol. The summed E-state index contributed by atoms with van der Waals surface area (Å²) in [7, 11) is -3.73. The summed E-state index contributed by atoms with van der Waals surface area (Å²) < 4.78 is 22.6. The predicted octanol–water partition coefficient (Wildman–Crippen LogP) is 1.56. The Bertz CT molecular complexity index is 664. The van der Waals surface area contributed by atoms with E-state index in [2.05, 4.69) is 5.32 Å². The van der Waals surface area contributed by atoms with E-state index in [-0.39, 0.29) is 16.8 Å². The first-order valence-electron chi connectivity index (χ1n) is 7.30. The van der Waals surface area contributed by atoms with Gasteiger partial charge in [0.15, 0.2) is 0 Å². The molecule has 21 heavy (non-hydrogen) atoms. The Hall–Kier alpha value is -1.40. The molecule has 6 heteroatoms. The molecule has 0 aromatic heterocycles. The summed E-state index contributed by atoms with van der Waals surface area (Å²) in [5, 5.41) is 8.24. The second-order valence-corrected chi connectivity index (χ2v) is 7.76. The molecule has 5 nitrogen and oxygen atoms in total. The Labute approximate surface area is 125 Å². The molecule has 0 spiro atoms. The number of nitrogens with two attached hydrogens (primary N) is 1. The molecule has 2 saturated carbocycles. The number of benzene rings is 1. The van der Waals surface area contributed by atoms with Gasteiger partial charge in [-0.3, -0.25) is 4.79 Å². The molecule has 1 aromatic carbocycles. The van der Waals surface area contributed by atoms with Crippen molar-refractivity contribution in [3.63, 3.8) is 0 Å². The van der Waals surface area contributed by atoms with Crippen LogP contribution in [0.4, 0.5) is 0 Å². The summed E-state index contributed by atoms with van der Waals surface area (Å²) in [6.07, 6.45) is 4.80. The molecular formula is C15H20N2O3S. The third-order valence-electron chi connectivity index (χ3n) is 4.33. The maximum absolute atomic E-state index is 12.4. The smallest absolute Gasteiger partial charge is 0.251 e. The average Bonchev–Trinajstić information content (AvgIpc) is 3.27. The summed E-state index contributed by atoms with van der Waals surface area (Å²) in [6.45, 7) is 1.73. The lowest BCUT2D eigenvalue weighted by Crippen LogP contribution is -2.38. The van der Waals surface area contributed by atoms with Crippen molar-refractivity contribution in [2.75, 3.05) is 0 Å². The molecule has 2 aliphatic carbocycles. The maximum Gasteiger partial charge on any atom is 0.251 e. The van der Waals surface area contributed by atoms with E-state index < -0.39 is 10.0 Å². The zero-order valence-electron chi connectivity index (χ0n) is 12.0. The van der Waals surface area contributed by atoms with Crippen LogP contribution in [0.5, 0.6) is 0 Å². The van der Waals surface area contributed by atoms with Crippen molar-refractivity contribution in [2.24, 2.45) is 17.0 Å². The second-order valence-electron chi connectivity index (χ2n) is 6.20. The van der Waals surface area contributed by atoms with Gasteiger partial charge in [0.1, 0.15) is 0 Å². The largest absolute Gasteiger partial charge is 0.349 e. The number of hydrogen-bond donors (Lipinski definition) is 2. The molecule has 0 bridgehead atoms. The number of aryl methyl sites for hydroxylation is 1. The van der Waals surface area contributed by atoms with Crippen molar-refractivity contribution in [1.82, 2.24) is 5.32 Å². The van der Waals surface area contributed by atoms with Crippen molar-refractivity contribution < 1.29 is 13.2 Å². The highest BCUT2D eigenvalue weighted by atomic mass is 32.2. The minimum Gasteiger partial charge on any atom is -0.349 e. The molecule has 2 fully saturated rings. The maximum atomic E-state index is 12.4. The molecule has 0 atom stereocenters. The van der Waals surface area contributed by atoms with Crippen LogP contribution in [0.25, 0.3) is 0 Å². The number of rotatable bonds is 5. The van der Waals surface area contributed by atoms with E-state index in [1.54, 1.807) is 13.0 Å². The monoisotopic (exact) mass is 308 g/mol. The first-order valence-corrected chi connectivity index (χ1v) is 8.85. The van der Waals surface area contributed by atoms with Crippen molar-refractivity contribution >= 4 is 15.9 Å². The van der Waals surface area contributed by atoms with Gasteiger partial charge >= 0.3 is 0 Å². The Kier molecular flexibility index (Phi) is 3.53. The van der Waals surface area contributed by atoms with Gasteiger partial charge in [-0.25, -0.2) is 13.6 Å². The number of hydrogen-bond acceptors (Lipinski definition) is 3. The van der Waals surface area contributed by atoms with E-state index in [0.29, 0.717) is 23.0 Å². The number of carbonyl (C=O) groups is 1. The Balaban J connectivity index is 1.78. The van der Waals surface area contributed by atoms with Gasteiger partial charge in [-0.15, -0.1) is 0 Å². The average molecular weight is 308 g/mol. The fraction of sp³-hybridized carbons (Fsp3) is 0.533. The van der Waals surface area contributed by atoms with Gasteiger partial charge in [0.2, 0.25) is 10.0 Å². The van der Waals surface area contributed by atoms with Crippen molar-refractivity contribution in [1.29, 1.82) is 0 Å². The van der Waals surface area contributed by atoms with Crippen LogP contribution in [0.2, 0.25) is 0 Å². The van der Waals surface area contributed by atoms with Crippen LogP contribution < -0.4 is 10.5 Å². The topological polar surface area (TPSA) is 89.3 Å². The minimum absolute atomic E-state index is 0.0393. The van der Waals surface area contributed by atoms with Crippen LogP contribution in [0.15, 0.2) is 23.1 Å². The van der Waals surface area contributed by atoms with Gasteiger partial charge in [0.05, 0.1) is 4.90 Å². The van der Waals surface area contributed by atoms with E-state index in [9.17, 15) is 13.2 Å². The van der Waals surface area contributed by atoms with Crippen LogP contribution in [-0.4, -0.2) is 20.4 Å².